The number of carbonyl (C=O) groups is 1. The van der Waals surface area contributed by atoms with E-state index in [4.69, 9.17) is 17.4 Å². The van der Waals surface area contributed by atoms with Gasteiger partial charge in [-0.3, -0.25) is 14.9 Å². The number of nitro groups is 1. The SMILES string of the molecule is NNc1cc(C(=O)Nc2ccc(Cl)c([N+](=O)[O-])c2)ccn1. The molecule has 21 heavy (non-hydrogen) atoms. The molecule has 1 amide bonds. The fourth-order valence-corrected chi connectivity index (χ4v) is 1.77. The lowest BCUT2D eigenvalue weighted by Crippen LogP contribution is -2.14. The average molecular weight is 308 g/mol. The molecule has 9 heteroatoms. The molecule has 0 atom stereocenters. The molecule has 8 nitrogen and oxygen atoms in total. The van der Waals surface area contributed by atoms with Crippen molar-refractivity contribution in [1.29, 1.82) is 0 Å². The van der Waals surface area contributed by atoms with Crippen LogP contribution in [0.1, 0.15) is 10.4 Å². The molecule has 1 heterocycles. The number of pyridine rings is 1. The van der Waals surface area contributed by atoms with Gasteiger partial charge in [0, 0.05) is 23.5 Å². The zero-order chi connectivity index (χ0) is 15.4. The van der Waals surface area contributed by atoms with Crippen molar-refractivity contribution in [3.8, 4) is 0 Å². The molecule has 0 aliphatic carbocycles. The summed E-state index contributed by atoms with van der Waals surface area (Å²) in [4.78, 5) is 26.1. The smallest absolute Gasteiger partial charge is 0.289 e. The first-order valence-corrected chi connectivity index (χ1v) is 6.07. The molecule has 0 bridgehead atoms. The van der Waals surface area contributed by atoms with E-state index in [0.717, 1.165) is 0 Å². The van der Waals surface area contributed by atoms with Gasteiger partial charge in [-0.2, -0.15) is 0 Å². The van der Waals surface area contributed by atoms with Crippen LogP contribution in [0.5, 0.6) is 0 Å². The number of anilines is 2. The zero-order valence-electron chi connectivity index (χ0n) is 10.5. The summed E-state index contributed by atoms with van der Waals surface area (Å²) in [7, 11) is 0. The maximum absolute atomic E-state index is 12.0. The first kappa shape index (κ1) is 14.7. The van der Waals surface area contributed by atoms with E-state index in [1.54, 1.807) is 0 Å². The van der Waals surface area contributed by atoms with Crippen molar-refractivity contribution in [3.05, 3.63) is 57.2 Å². The first-order valence-electron chi connectivity index (χ1n) is 5.69. The lowest BCUT2D eigenvalue weighted by Gasteiger charge is -2.06. The Kier molecular flexibility index (Phi) is 4.31. The normalized spacial score (nSPS) is 10.0. The number of hydrogen-bond donors (Lipinski definition) is 3. The highest BCUT2D eigenvalue weighted by Gasteiger charge is 2.14. The van der Waals surface area contributed by atoms with Gasteiger partial charge in [0.2, 0.25) is 0 Å². The molecule has 0 unspecified atom stereocenters. The molecule has 2 aromatic rings. The van der Waals surface area contributed by atoms with E-state index in [2.05, 4.69) is 15.7 Å². The summed E-state index contributed by atoms with van der Waals surface area (Å²) in [6, 6.07) is 6.93. The third-order valence-electron chi connectivity index (χ3n) is 2.57. The van der Waals surface area contributed by atoms with Gasteiger partial charge in [-0.15, -0.1) is 0 Å². The van der Waals surface area contributed by atoms with E-state index < -0.39 is 10.8 Å². The van der Waals surface area contributed by atoms with Crippen molar-refractivity contribution in [2.45, 2.75) is 0 Å². The number of rotatable bonds is 4. The predicted octanol–water partition coefficient (Wildman–Crippen LogP) is 2.18. The van der Waals surface area contributed by atoms with Crippen LogP contribution in [0.4, 0.5) is 17.2 Å². The highest BCUT2D eigenvalue weighted by Crippen LogP contribution is 2.27. The number of nitro benzene ring substituents is 1. The molecule has 2 rings (SSSR count). The highest BCUT2D eigenvalue weighted by atomic mass is 35.5. The number of hydrazine groups is 1. The van der Waals surface area contributed by atoms with Gasteiger partial charge in [0.15, 0.2) is 0 Å². The van der Waals surface area contributed by atoms with Gasteiger partial charge in [0.25, 0.3) is 11.6 Å². The van der Waals surface area contributed by atoms with Gasteiger partial charge in [-0.1, -0.05) is 11.6 Å². The Labute approximate surface area is 124 Å². The molecule has 108 valence electrons. The molecular weight excluding hydrogens is 298 g/mol. The van der Waals surface area contributed by atoms with E-state index in [1.165, 1.54) is 36.5 Å². The van der Waals surface area contributed by atoms with Crippen molar-refractivity contribution in [1.82, 2.24) is 4.98 Å². The van der Waals surface area contributed by atoms with Crippen molar-refractivity contribution in [2.24, 2.45) is 5.84 Å². The second-order valence-electron chi connectivity index (χ2n) is 3.95. The molecule has 0 saturated carbocycles. The summed E-state index contributed by atoms with van der Waals surface area (Å²) in [5.74, 6) is 5.08. The topological polar surface area (TPSA) is 123 Å². The van der Waals surface area contributed by atoms with Crippen LogP contribution in [0.15, 0.2) is 36.5 Å². The number of benzene rings is 1. The summed E-state index contributed by atoms with van der Waals surface area (Å²) >= 11 is 5.70. The Morgan fingerprint density at radius 2 is 2.10 bits per heavy atom. The molecule has 0 fully saturated rings. The minimum absolute atomic E-state index is 0.00321. The molecular formula is C12H10ClN5O3. The van der Waals surface area contributed by atoms with Crippen LogP contribution in [0.3, 0.4) is 0 Å². The first-order chi connectivity index (χ1) is 10.0. The Hall–Kier alpha value is -2.71. The van der Waals surface area contributed by atoms with Crippen LogP contribution >= 0.6 is 11.6 Å². The maximum Gasteiger partial charge on any atom is 0.289 e. The summed E-state index contributed by atoms with van der Waals surface area (Å²) in [5, 5.41) is 13.3. The number of nitrogen functional groups attached to an aromatic ring is 1. The van der Waals surface area contributed by atoms with Crippen LogP contribution in [0, 0.1) is 10.1 Å². The average Bonchev–Trinajstić information content (AvgIpc) is 2.49. The van der Waals surface area contributed by atoms with Crippen LogP contribution < -0.4 is 16.6 Å². The van der Waals surface area contributed by atoms with Gasteiger partial charge in [-0.25, -0.2) is 10.8 Å². The highest BCUT2D eigenvalue weighted by molar-refractivity contribution is 6.32. The Morgan fingerprint density at radius 1 is 1.33 bits per heavy atom. The molecule has 0 saturated heterocycles. The van der Waals surface area contributed by atoms with Crippen molar-refractivity contribution >= 4 is 34.7 Å². The van der Waals surface area contributed by atoms with Gasteiger partial charge >= 0.3 is 0 Å². The largest absolute Gasteiger partial charge is 0.322 e. The quantitative estimate of drug-likeness (QED) is 0.452. The van der Waals surface area contributed by atoms with Crippen molar-refractivity contribution in [3.63, 3.8) is 0 Å². The van der Waals surface area contributed by atoms with Gasteiger partial charge in [0.05, 0.1) is 4.92 Å². The van der Waals surface area contributed by atoms with Gasteiger partial charge in [-0.05, 0) is 24.3 Å². The Morgan fingerprint density at radius 3 is 2.76 bits per heavy atom. The minimum Gasteiger partial charge on any atom is -0.322 e. The standard InChI is InChI=1S/C12H10ClN5O3/c13-9-2-1-8(6-10(9)18(20)21)16-12(19)7-3-4-15-11(5-7)17-14/h1-6H,14H2,(H,15,17)(H,16,19). The molecule has 0 aliphatic rings. The minimum atomic E-state index is -0.624. The lowest BCUT2D eigenvalue weighted by atomic mass is 10.2. The monoisotopic (exact) mass is 307 g/mol. The summed E-state index contributed by atoms with van der Waals surface area (Å²) < 4.78 is 0. The number of halogens is 1. The van der Waals surface area contributed by atoms with Crippen LogP contribution in [0.25, 0.3) is 0 Å². The molecule has 0 spiro atoms. The van der Waals surface area contributed by atoms with Gasteiger partial charge in [0.1, 0.15) is 10.8 Å². The van der Waals surface area contributed by atoms with E-state index >= 15 is 0 Å². The molecule has 1 aromatic carbocycles. The Bertz CT molecular complexity index is 707. The number of aromatic nitrogens is 1. The zero-order valence-corrected chi connectivity index (χ0v) is 11.3. The van der Waals surface area contributed by atoms with Gasteiger partial charge < -0.3 is 10.7 Å². The van der Waals surface area contributed by atoms with E-state index in [1.807, 2.05) is 0 Å². The number of nitrogens with one attached hydrogen (secondary N) is 2. The molecule has 0 aliphatic heterocycles. The van der Waals surface area contributed by atoms with Crippen LogP contribution in [-0.4, -0.2) is 15.8 Å². The van der Waals surface area contributed by atoms with E-state index in [9.17, 15) is 14.9 Å². The second kappa shape index (κ2) is 6.16. The molecule has 4 N–H and O–H groups in total. The Balaban J connectivity index is 2.23. The summed E-state index contributed by atoms with van der Waals surface area (Å²) in [6.45, 7) is 0. The number of nitrogens with two attached hydrogens (primary N) is 1. The lowest BCUT2D eigenvalue weighted by molar-refractivity contribution is -0.384. The maximum atomic E-state index is 12.0. The number of nitrogens with zero attached hydrogens (tertiary/aromatic N) is 2. The third-order valence-corrected chi connectivity index (χ3v) is 2.89. The van der Waals surface area contributed by atoms with E-state index in [0.29, 0.717) is 11.4 Å². The van der Waals surface area contributed by atoms with Crippen molar-refractivity contribution < 1.29 is 9.72 Å². The third kappa shape index (κ3) is 3.44. The fourth-order valence-electron chi connectivity index (χ4n) is 1.58. The molecule has 1 aromatic heterocycles. The number of hydrogen-bond acceptors (Lipinski definition) is 6. The van der Waals surface area contributed by atoms with Crippen molar-refractivity contribution in [2.75, 3.05) is 10.7 Å². The summed E-state index contributed by atoms with van der Waals surface area (Å²) in [5.41, 5.74) is 2.60. The number of carbonyl (C=O) groups excluding carboxylic acids is 1. The van der Waals surface area contributed by atoms with Crippen LogP contribution in [-0.2, 0) is 0 Å². The van der Waals surface area contributed by atoms with E-state index in [-0.39, 0.29) is 16.4 Å². The summed E-state index contributed by atoms with van der Waals surface area (Å²) in [6.07, 6.45) is 1.41. The second-order valence-corrected chi connectivity index (χ2v) is 4.36. The predicted molar refractivity (Wildman–Crippen MR) is 78.1 cm³/mol. The fraction of sp³-hybridized carbons (Fsp3) is 0. The van der Waals surface area contributed by atoms with Crippen LogP contribution in [0.2, 0.25) is 5.02 Å². The molecule has 0 radical (unpaired) electrons. The number of amides is 1.